The number of para-hydroxylation sites is 1. The van der Waals surface area contributed by atoms with E-state index < -0.39 is 0 Å². The number of benzene rings is 1. The van der Waals surface area contributed by atoms with Crippen LogP contribution in [0.15, 0.2) is 24.3 Å². The van der Waals surface area contributed by atoms with Gasteiger partial charge in [0, 0.05) is 12.0 Å². The molecule has 0 saturated carbocycles. The maximum atomic E-state index is 11.9. The van der Waals surface area contributed by atoms with E-state index in [4.69, 9.17) is 9.84 Å². The number of carbonyl (C=O) groups excluding carboxylic acids is 1. The second-order valence-corrected chi connectivity index (χ2v) is 4.63. The fraction of sp³-hybridized carbons (Fsp3) is 0.500. The topological polar surface area (TPSA) is 70.6 Å². The molecule has 0 fully saturated rings. The van der Waals surface area contributed by atoms with Crippen molar-refractivity contribution in [1.29, 1.82) is 0 Å². The van der Waals surface area contributed by atoms with E-state index in [1.165, 1.54) is 0 Å². The molecular weight excluding hydrogens is 244 g/mol. The summed E-state index contributed by atoms with van der Waals surface area (Å²) in [6, 6.07) is 7.23. The van der Waals surface area contributed by atoms with Crippen molar-refractivity contribution in [3.8, 4) is 5.75 Å². The third kappa shape index (κ3) is 3.38. The molecule has 1 aromatic carbocycles. The number of ether oxygens (including phenoxy) is 1. The van der Waals surface area contributed by atoms with Crippen LogP contribution in [0.3, 0.4) is 0 Å². The first-order valence-corrected chi connectivity index (χ1v) is 6.64. The first-order valence-electron chi connectivity index (χ1n) is 6.64. The number of amides is 2. The number of fused-ring (bicyclic) bond motifs is 1. The van der Waals surface area contributed by atoms with Crippen molar-refractivity contribution in [2.45, 2.75) is 31.8 Å². The molecule has 3 N–H and O–H groups in total. The Bertz CT molecular complexity index is 432. The van der Waals surface area contributed by atoms with E-state index in [0.29, 0.717) is 13.0 Å². The van der Waals surface area contributed by atoms with Crippen LogP contribution in [0.2, 0.25) is 0 Å². The van der Waals surface area contributed by atoms with Crippen molar-refractivity contribution in [3.63, 3.8) is 0 Å². The van der Waals surface area contributed by atoms with Crippen LogP contribution in [0.4, 0.5) is 4.79 Å². The van der Waals surface area contributed by atoms with Crippen LogP contribution in [-0.2, 0) is 0 Å². The molecule has 104 valence electrons. The van der Waals surface area contributed by atoms with E-state index in [-0.39, 0.29) is 24.7 Å². The molecule has 1 aliphatic heterocycles. The summed E-state index contributed by atoms with van der Waals surface area (Å²) in [4.78, 5) is 11.9. The minimum atomic E-state index is -0.248. The summed E-state index contributed by atoms with van der Waals surface area (Å²) < 4.78 is 5.55. The number of rotatable bonds is 4. The van der Waals surface area contributed by atoms with Gasteiger partial charge in [0.15, 0.2) is 0 Å². The molecule has 5 heteroatoms. The predicted octanol–water partition coefficient (Wildman–Crippen LogP) is 1.58. The number of hydrogen-bond acceptors (Lipinski definition) is 3. The zero-order valence-electron chi connectivity index (χ0n) is 11.1. The van der Waals surface area contributed by atoms with Gasteiger partial charge in [0.2, 0.25) is 0 Å². The van der Waals surface area contributed by atoms with E-state index in [1.54, 1.807) is 0 Å². The van der Waals surface area contributed by atoms with E-state index in [9.17, 15) is 4.79 Å². The molecule has 1 aromatic rings. The molecular formula is C14H20N2O3. The standard InChI is InChI=1S/C14H20N2O3/c1-2-10(9-17)15-14(18)16-12-7-8-19-13-6-4-3-5-11(12)13/h3-6,10,12,17H,2,7-9H2,1H3,(H2,15,16,18)/t10-,12+/m1/s1. The summed E-state index contributed by atoms with van der Waals surface area (Å²) in [5, 5.41) is 14.8. The van der Waals surface area contributed by atoms with Crippen LogP contribution < -0.4 is 15.4 Å². The lowest BCUT2D eigenvalue weighted by Crippen LogP contribution is -2.45. The van der Waals surface area contributed by atoms with Gasteiger partial charge in [-0.05, 0) is 12.5 Å². The molecule has 2 amide bonds. The lowest BCUT2D eigenvalue weighted by atomic mass is 10.0. The fourth-order valence-electron chi connectivity index (χ4n) is 2.15. The third-order valence-electron chi connectivity index (χ3n) is 3.31. The van der Waals surface area contributed by atoms with Gasteiger partial charge in [0.05, 0.1) is 25.3 Å². The molecule has 0 bridgehead atoms. The average molecular weight is 264 g/mol. The van der Waals surface area contributed by atoms with E-state index >= 15 is 0 Å². The highest BCUT2D eigenvalue weighted by Gasteiger charge is 2.23. The minimum absolute atomic E-state index is 0.0406. The van der Waals surface area contributed by atoms with Crippen molar-refractivity contribution in [1.82, 2.24) is 10.6 Å². The molecule has 0 aromatic heterocycles. The molecule has 0 saturated heterocycles. The maximum Gasteiger partial charge on any atom is 0.315 e. The van der Waals surface area contributed by atoms with Crippen LogP contribution in [0.5, 0.6) is 5.75 Å². The quantitative estimate of drug-likeness (QED) is 0.773. The molecule has 1 aliphatic rings. The smallest absolute Gasteiger partial charge is 0.315 e. The zero-order chi connectivity index (χ0) is 13.7. The highest BCUT2D eigenvalue weighted by molar-refractivity contribution is 5.75. The second kappa shape index (κ2) is 6.43. The van der Waals surface area contributed by atoms with Crippen LogP contribution >= 0.6 is 0 Å². The molecule has 0 radical (unpaired) electrons. The van der Waals surface area contributed by atoms with Gasteiger partial charge >= 0.3 is 6.03 Å². The second-order valence-electron chi connectivity index (χ2n) is 4.63. The Hall–Kier alpha value is -1.75. The van der Waals surface area contributed by atoms with Gasteiger partial charge in [-0.3, -0.25) is 0 Å². The Morgan fingerprint density at radius 2 is 2.32 bits per heavy atom. The van der Waals surface area contributed by atoms with Crippen molar-refractivity contribution in [2.24, 2.45) is 0 Å². The normalized spacial score (nSPS) is 18.9. The van der Waals surface area contributed by atoms with Gasteiger partial charge < -0.3 is 20.5 Å². The highest BCUT2D eigenvalue weighted by Crippen LogP contribution is 2.31. The number of carbonyl (C=O) groups is 1. The van der Waals surface area contributed by atoms with Gasteiger partial charge in [-0.2, -0.15) is 0 Å². The first kappa shape index (κ1) is 13.7. The first-order chi connectivity index (χ1) is 9.24. The van der Waals surface area contributed by atoms with Gasteiger partial charge in [-0.15, -0.1) is 0 Å². The van der Waals surface area contributed by atoms with Gasteiger partial charge in [-0.25, -0.2) is 4.79 Å². The van der Waals surface area contributed by atoms with E-state index in [0.717, 1.165) is 17.7 Å². The molecule has 2 rings (SSSR count). The van der Waals surface area contributed by atoms with Crippen LogP contribution in [0.25, 0.3) is 0 Å². The number of hydrogen-bond donors (Lipinski definition) is 3. The molecule has 0 spiro atoms. The maximum absolute atomic E-state index is 11.9. The third-order valence-corrected chi connectivity index (χ3v) is 3.31. The van der Waals surface area contributed by atoms with Crippen molar-refractivity contribution < 1.29 is 14.6 Å². The Morgan fingerprint density at radius 3 is 3.05 bits per heavy atom. The summed E-state index contributed by atoms with van der Waals surface area (Å²) in [7, 11) is 0. The van der Waals surface area contributed by atoms with E-state index in [2.05, 4.69) is 10.6 Å². The van der Waals surface area contributed by atoms with Crippen molar-refractivity contribution in [2.75, 3.05) is 13.2 Å². The minimum Gasteiger partial charge on any atom is -0.493 e. The van der Waals surface area contributed by atoms with Crippen molar-refractivity contribution in [3.05, 3.63) is 29.8 Å². The van der Waals surface area contributed by atoms with Crippen molar-refractivity contribution >= 4 is 6.03 Å². The summed E-state index contributed by atoms with van der Waals surface area (Å²) in [6.45, 7) is 2.47. The van der Waals surface area contributed by atoms with Crippen LogP contribution in [-0.4, -0.2) is 30.4 Å². The summed E-state index contributed by atoms with van der Waals surface area (Å²) in [5.74, 6) is 0.827. The summed E-state index contributed by atoms with van der Waals surface area (Å²) in [5.41, 5.74) is 1.00. The molecule has 0 unspecified atom stereocenters. The number of aliphatic hydroxyl groups excluding tert-OH is 1. The summed E-state index contributed by atoms with van der Waals surface area (Å²) in [6.07, 6.45) is 1.45. The molecule has 1 heterocycles. The van der Waals surface area contributed by atoms with E-state index in [1.807, 2.05) is 31.2 Å². The van der Waals surface area contributed by atoms with Gasteiger partial charge in [0.25, 0.3) is 0 Å². The van der Waals surface area contributed by atoms with Crippen LogP contribution in [0, 0.1) is 0 Å². The highest BCUT2D eigenvalue weighted by atomic mass is 16.5. The lowest BCUT2D eigenvalue weighted by molar-refractivity contribution is 0.205. The Kier molecular flexibility index (Phi) is 4.63. The lowest BCUT2D eigenvalue weighted by Gasteiger charge is -2.27. The largest absolute Gasteiger partial charge is 0.493 e. The molecule has 2 atom stereocenters. The number of aliphatic hydroxyl groups is 1. The number of urea groups is 1. The number of nitrogens with one attached hydrogen (secondary N) is 2. The average Bonchev–Trinajstić information content (AvgIpc) is 2.45. The van der Waals surface area contributed by atoms with Gasteiger partial charge in [-0.1, -0.05) is 25.1 Å². The SMILES string of the molecule is CC[C@H](CO)NC(=O)N[C@H]1CCOc2ccccc21. The molecule has 19 heavy (non-hydrogen) atoms. The van der Waals surface area contributed by atoms with Crippen LogP contribution in [0.1, 0.15) is 31.4 Å². The Labute approximate surface area is 113 Å². The monoisotopic (exact) mass is 264 g/mol. The molecule has 5 nitrogen and oxygen atoms in total. The summed E-state index contributed by atoms with van der Waals surface area (Å²) >= 11 is 0. The predicted molar refractivity (Wildman–Crippen MR) is 72.1 cm³/mol. The van der Waals surface area contributed by atoms with Gasteiger partial charge in [0.1, 0.15) is 5.75 Å². The molecule has 0 aliphatic carbocycles. The Morgan fingerprint density at radius 1 is 1.53 bits per heavy atom. The zero-order valence-corrected chi connectivity index (χ0v) is 11.1. The fourth-order valence-corrected chi connectivity index (χ4v) is 2.15. The Balaban J connectivity index is 1.99.